The Bertz CT molecular complexity index is 8070. The minimum Gasteiger partial charge on any atom is -0.292 e. The molecule has 6 aromatic heterocycles. The highest BCUT2D eigenvalue weighted by Crippen LogP contribution is 2.50. The molecule has 23 rings (SSSR count). The van der Waals surface area contributed by atoms with E-state index in [1.807, 2.05) is 30.3 Å². The fraction of sp³-hybridized carbons (Fsp3) is 0. The molecule has 23 aromatic rings. The van der Waals surface area contributed by atoms with Crippen molar-refractivity contribution < 1.29 is 0 Å². The van der Waals surface area contributed by atoms with Crippen molar-refractivity contribution in [2.75, 3.05) is 0 Å². The Morgan fingerprint density at radius 1 is 0.228 bits per heavy atom. The van der Waals surface area contributed by atoms with E-state index in [-0.39, 0.29) is 16.7 Å². The van der Waals surface area contributed by atoms with E-state index in [1.54, 1.807) is 6.07 Å². The van der Waals surface area contributed by atoms with Crippen LogP contribution in [0.1, 0.15) is 16.7 Å². The summed E-state index contributed by atoms with van der Waals surface area (Å²) >= 11 is 0. The molecule has 458 valence electrons. The third-order valence-corrected chi connectivity index (χ3v) is 22.1. The highest BCUT2D eigenvalue weighted by molar-refractivity contribution is 6.40. The van der Waals surface area contributed by atoms with Crippen molar-refractivity contribution >= 4 is 201 Å². The number of benzene rings is 17. The molecule has 9 heteroatoms. The Hall–Kier alpha value is -14.3. The van der Waals surface area contributed by atoms with Crippen molar-refractivity contribution in [1.82, 2.24) is 28.2 Å². The van der Waals surface area contributed by atoms with Gasteiger partial charge in [-0.3, -0.25) is 13.2 Å². The largest absolute Gasteiger partial charge is 0.292 e. The van der Waals surface area contributed by atoms with Gasteiger partial charge in [0.2, 0.25) is 0 Å². The molecule has 0 N–H and O–H groups in total. The van der Waals surface area contributed by atoms with Gasteiger partial charge in [0, 0.05) is 53.9 Å². The maximum absolute atomic E-state index is 11.1. The molecule has 9 nitrogen and oxygen atoms in total. The van der Waals surface area contributed by atoms with Gasteiger partial charge >= 0.3 is 0 Å². The molecule has 6 heterocycles. The normalized spacial score (nSPS) is 12.3. The van der Waals surface area contributed by atoms with Crippen molar-refractivity contribution in [3.8, 4) is 40.5 Å². The van der Waals surface area contributed by atoms with Crippen molar-refractivity contribution in [3.63, 3.8) is 0 Å². The molecule has 101 heavy (non-hydrogen) atoms. The van der Waals surface area contributed by atoms with Crippen LogP contribution in [0.15, 0.2) is 273 Å². The lowest BCUT2D eigenvalue weighted by Gasteiger charge is -2.18. The molecule has 0 saturated carbocycles. The lowest BCUT2D eigenvalue weighted by molar-refractivity contribution is 1.30. The summed E-state index contributed by atoms with van der Waals surface area (Å²) < 4.78 is 6.90. The number of rotatable bonds is 2. The van der Waals surface area contributed by atoms with Crippen LogP contribution in [0.4, 0.5) is 0 Å². The summed E-state index contributed by atoms with van der Waals surface area (Å²) in [4.78, 5) is 16.6. The number of fused-ring (bicyclic) bond motifs is 43. The molecule has 0 spiro atoms. The average molecular weight is 1280 g/mol. The number of pyridine rings is 3. The number of hydrogen-bond acceptors (Lipinski definition) is 6. The molecular formula is C92H45N9. The van der Waals surface area contributed by atoms with Crippen LogP contribution < -0.4 is 0 Å². The number of aromatic nitrogens is 6. The summed E-state index contributed by atoms with van der Waals surface area (Å²) in [5.41, 5.74) is 15.5. The number of hydrogen-bond donors (Lipinski definition) is 0. The predicted octanol–water partition coefficient (Wildman–Crippen LogP) is 23.2. The van der Waals surface area contributed by atoms with Gasteiger partial charge in [-0.05, 0) is 164 Å². The highest BCUT2D eigenvalue weighted by Gasteiger charge is 2.28. The van der Waals surface area contributed by atoms with Crippen molar-refractivity contribution in [2.45, 2.75) is 0 Å². The van der Waals surface area contributed by atoms with Crippen LogP contribution in [0.2, 0.25) is 0 Å². The Kier molecular flexibility index (Phi) is 10.4. The molecule has 0 unspecified atom stereocenters. The van der Waals surface area contributed by atoms with Gasteiger partial charge in [0.05, 0.1) is 66.3 Å². The number of nitrogens with zero attached hydrogens (tertiary/aromatic N) is 9. The molecule has 0 aliphatic heterocycles. The van der Waals surface area contributed by atoms with E-state index in [0.29, 0.717) is 16.6 Å². The third kappa shape index (κ3) is 6.91. The maximum atomic E-state index is 11.1. The fourth-order valence-electron chi connectivity index (χ4n) is 18.0. The van der Waals surface area contributed by atoms with E-state index < -0.39 is 0 Å². The molecule has 0 aliphatic rings. The van der Waals surface area contributed by atoms with Crippen LogP contribution >= 0.6 is 0 Å². The zero-order valence-corrected chi connectivity index (χ0v) is 53.5. The second-order valence-corrected chi connectivity index (χ2v) is 26.9. The quantitative estimate of drug-likeness (QED) is 0.159. The van der Waals surface area contributed by atoms with E-state index in [9.17, 15) is 15.8 Å². The minimum absolute atomic E-state index is 0.0602. The summed E-state index contributed by atoms with van der Waals surface area (Å²) in [7, 11) is 0. The van der Waals surface area contributed by atoms with E-state index in [0.717, 1.165) is 164 Å². The van der Waals surface area contributed by atoms with Crippen LogP contribution in [0, 0.1) is 34.0 Å². The first-order chi connectivity index (χ1) is 50.0. The summed E-state index contributed by atoms with van der Waals surface area (Å²) in [6.45, 7) is 0. The van der Waals surface area contributed by atoms with Crippen molar-refractivity contribution in [3.05, 3.63) is 290 Å². The number of imidazole rings is 3. The standard InChI is InChI=1S/C92H45N9/c93-46-55-45-80-83(72(48-95)71(55)47-94)85-67-36-31-52(42-70(67)61-22-8-12-26-65(61)88(85)90-96-73-27-13-14-28-76(73)99(80)90)54-33-39-75-79(44-54)101-89-57-18-4-2-16-50(57)29-37-68(89)81-66-35-30-51(41-69(66)60-21-7-11-25-64(60)86(81)92(101)98-75)53-32-38-74-78(43-53)100-77-40-34-49-15-1-3-17-56(49)82(77)84-62-23-9-5-19-58(62)59-20-6-10-24-63(59)87(84)91(100)97-74/h1-45H. The Labute approximate surface area is 571 Å². The first kappa shape index (κ1) is 53.9. The number of nitriles is 3. The zero-order chi connectivity index (χ0) is 66.2. The van der Waals surface area contributed by atoms with E-state index in [4.69, 9.17) is 15.0 Å². The van der Waals surface area contributed by atoms with Crippen molar-refractivity contribution in [1.29, 1.82) is 15.8 Å². The maximum Gasteiger partial charge on any atom is 0.147 e. The lowest BCUT2D eigenvalue weighted by atomic mass is 9.88. The third-order valence-electron chi connectivity index (χ3n) is 22.1. The van der Waals surface area contributed by atoms with Crippen LogP contribution in [0.5, 0.6) is 0 Å². The molecule has 0 bridgehead atoms. The van der Waals surface area contributed by atoms with E-state index in [2.05, 4.69) is 268 Å². The average Bonchev–Trinajstić information content (AvgIpc) is 1.69. The smallest absolute Gasteiger partial charge is 0.147 e. The predicted molar refractivity (Wildman–Crippen MR) is 415 cm³/mol. The second-order valence-electron chi connectivity index (χ2n) is 26.9. The van der Waals surface area contributed by atoms with Crippen LogP contribution in [0.3, 0.4) is 0 Å². The molecule has 0 amide bonds. The van der Waals surface area contributed by atoms with Gasteiger partial charge < -0.3 is 0 Å². The first-order valence-electron chi connectivity index (χ1n) is 33.9. The first-order valence-corrected chi connectivity index (χ1v) is 33.9. The van der Waals surface area contributed by atoms with Gasteiger partial charge in [-0.15, -0.1) is 0 Å². The molecular weight excluding hydrogens is 1230 g/mol. The molecule has 0 radical (unpaired) electrons. The van der Waals surface area contributed by atoms with Gasteiger partial charge in [-0.1, -0.05) is 212 Å². The van der Waals surface area contributed by atoms with E-state index in [1.165, 1.54) is 43.1 Å². The van der Waals surface area contributed by atoms with Crippen LogP contribution in [0.25, 0.3) is 224 Å². The van der Waals surface area contributed by atoms with Gasteiger partial charge in [0.15, 0.2) is 0 Å². The van der Waals surface area contributed by atoms with E-state index >= 15 is 0 Å². The molecule has 17 aromatic carbocycles. The summed E-state index contributed by atoms with van der Waals surface area (Å²) in [5, 5.41) is 59.6. The van der Waals surface area contributed by atoms with Gasteiger partial charge in [0.1, 0.15) is 35.1 Å². The molecule has 0 fully saturated rings. The summed E-state index contributed by atoms with van der Waals surface area (Å²) in [5.74, 6) is 0. The minimum atomic E-state index is 0.0602. The Morgan fingerprint density at radius 3 is 1.23 bits per heavy atom. The highest BCUT2D eigenvalue weighted by atomic mass is 15.0. The Balaban J connectivity index is 0.757. The monoisotopic (exact) mass is 1280 g/mol. The van der Waals surface area contributed by atoms with Crippen molar-refractivity contribution in [2.24, 2.45) is 0 Å². The summed E-state index contributed by atoms with van der Waals surface area (Å²) in [6.07, 6.45) is 0. The Morgan fingerprint density at radius 2 is 0.634 bits per heavy atom. The van der Waals surface area contributed by atoms with Crippen LogP contribution in [-0.2, 0) is 0 Å². The lowest BCUT2D eigenvalue weighted by Crippen LogP contribution is -2.00. The van der Waals surface area contributed by atoms with Gasteiger partial charge in [0.25, 0.3) is 0 Å². The molecule has 0 aliphatic carbocycles. The van der Waals surface area contributed by atoms with Crippen LogP contribution in [-0.4, -0.2) is 28.2 Å². The van der Waals surface area contributed by atoms with Gasteiger partial charge in [-0.25, -0.2) is 15.0 Å². The van der Waals surface area contributed by atoms with Gasteiger partial charge in [-0.2, -0.15) is 15.8 Å². The number of para-hydroxylation sites is 2. The zero-order valence-electron chi connectivity index (χ0n) is 53.5. The molecule has 0 saturated heterocycles. The second kappa shape index (κ2) is 19.5. The SMILES string of the molecule is N#Cc1cc2c(c(C#N)c1C#N)c1c3ccc(-c4ccc5nc6c7c8ccccc8c8cc(-c9ccc%10nc%11c%12c%13ccccc%13c%13ccccc%13c%12c%12c%13ccccc%13ccc%12n%11c%10c9)ccc8c7c7ccc8ccccc8c7n6c5c4)cc3c3ccccc3c1c1nc3ccccc3n21. The topological polar surface area (TPSA) is 123 Å². The summed E-state index contributed by atoms with van der Waals surface area (Å²) in [6, 6.07) is 105. The molecule has 0 atom stereocenters. The fourth-order valence-corrected chi connectivity index (χ4v) is 18.0.